The largest absolute Gasteiger partial charge is 0.493 e. The lowest BCUT2D eigenvalue weighted by molar-refractivity contribution is 0.0815. The molecular formula is C16H24O2. The van der Waals surface area contributed by atoms with Crippen molar-refractivity contribution in [2.24, 2.45) is 5.92 Å². The SMILES string of the molecule is CCC(C)CC(Cc1cccc2c1OCC2)OC. The summed E-state index contributed by atoms with van der Waals surface area (Å²) in [5.74, 6) is 1.83. The highest BCUT2D eigenvalue weighted by Crippen LogP contribution is 2.31. The average molecular weight is 248 g/mol. The molecule has 1 aromatic carbocycles. The first kappa shape index (κ1) is 13.4. The predicted octanol–water partition coefficient (Wildman–Crippen LogP) is 3.62. The minimum atomic E-state index is 0.302. The minimum absolute atomic E-state index is 0.302. The molecule has 2 heteroatoms. The van der Waals surface area contributed by atoms with Crippen LogP contribution in [0.5, 0.6) is 5.75 Å². The quantitative estimate of drug-likeness (QED) is 0.765. The van der Waals surface area contributed by atoms with E-state index in [0.29, 0.717) is 12.0 Å². The molecule has 0 saturated carbocycles. The molecule has 0 spiro atoms. The summed E-state index contributed by atoms with van der Waals surface area (Å²) in [6.45, 7) is 5.36. The molecule has 0 N–H and O–H groups in total. The highest BCUT2D eigenvalue weighted by Gasteiger charge is 2.19. The molecule has 1 aromatic rings. The van der Waals surface area contributed by atoms with Crippen LogP contribution in [0, 0.1) is 5.92 Å². The number of para-hydroxylation sites is 1. The standard InChI is InChI=1S/C16H24O2/c1-4-12(2)10-15(17-3)11-14-7-5-6-13-8-9-18-16(13)14/h5-7,12,15H,4,8-11H2,1-3H3. The fourth-order valence-corrected chi connectivity index (χ4v) is 2.57. The van der Waals surface area contributed by atoms with E-state index in [4.69, 9.17) is 9.47 Å². The molecule has 0 radical (unpaired) electrons. The first-order chi connectivity index (χ1) is 8.74. The second-order valence-corrected chi connectivity index (χ2v) is 5.31. The van der Waals surface area contributed by atoms with E-state index in [-0.39, 0.29) is 0 Å². The van der Waals surface area contributed by atoms with Crippen molar-refractivity contribution in [2.75, 3.05) is 13.7 Å². The van der Waals surface area contributed by atoms with Gasteiger partial charge in [-0.15, -0.1) is 0 Å². The molecule has 1 aliphatic rings. The van der Waals surface area contributed by atoms with Crippen molar-refractivity contribution >= 4 is 0 Å². The third-order valence-corrected chi connectivity index (χ3v) is 3.94. The third kappa shape index (κ3) is 3.05. The van der Waals surface area contributed by atoms with Crippen LogP contribution < -0.4 is 4.74 Å². The monoisotopic (exact) mass is 248 g/mol. The molecular weight excluding hydrogens is 224 g/mol. The topological polar surface area (TPSA) is 18.5 Å². The molecule has 0 bridgehead atoms. The Morgan fingerprint density at radius 3 is 2.94 bits per heavy atom. The zero-order valence-electron chi connectivity index (χ0n) is 11.7. The molecule has 0 aromatic heterocycles. The van der Waals surface area contributed by atoms with Crippen LogP contribution in [0.2, 0.25) is 0 Å². The minimum Gasteiger partial charge on any atom is -0.493 e. The summed E-state index contributed by atoms with van der Waals surface area (Å²) < 4.78 is 11.4. The lowest BCUT2D eigenvalue weighted by Crippen LogP contribution is -2.17. The van der Waals surface area contributed by atoms with Crippen molar-refractivity contribution in [1.82, 2.24) is 0 Å². The summed E-state index contributed by atoms with van der Waals surface area (Å²) in [5.41, 5.74) is 2.66. The maximum Gasteiger partial charge on any atom is 0.125 e. The Labute approximate surface area is 110 Å². The highest BCUT2D eigenvalue weighted by atomic mass is 16.5. The van der Waals surface area contributed by atoms with Gasteiger partial charge in [-0.3, -0.25) is 0 Å². The molecule has 0 fully saturated rings. The van der Waals surface area contributed by atoms with Crippen LogP contribution in [-0.4, -0.2) is 19.8 Å². The number of fused-ring (bicyclic) bond motifs is 1. The summed E-state index contributed by atoms with van der Waals surface area (Å²) in [6.07, 6.45) is 4.64. The average Bonchev–Trinajstić information content (AvgIpc) is 2.87. The number of benzene rings is 1. The molecule has 1 heterocycles. The molecule has 0 amide bonds. The zero-order valence-corrected chi connectivity index (χ0v) is 11.7. The number of hydrogen-bond donors (Lipinski definition) is 0. The second-order valence-electron chi connectivity index (χ2n) is 5.31. The Hall–Kier alpha value is -1.02. The summed E-state index contributed by atoms with van der Waals surface area (Å²) in [7, 11) is 1.82. The normalized spacial score (nSPS) is 17.1. The number of rotatable bonds is 6. The predicted molar refractivity (Wildman–Crippen MR) is 74.2 cm³/mol. The lowest BCUT2D eigenvalue weighted by Gasteiger charge is -2.20. The van der Waals surface area contributed by atoms with Crippen LogP contribution in [-0.2, 0) is 17.6 Å². The van der Waals surface area contributed by atoms with Gasteiger partial charge in [0, 0.05) is 20.0 Å². The van der Waals surface area contributed by atoms with E-state index in [1.165, 1.54) is 17.5 Å². The van der Waals surface area contributed by atoms with E-state index < -0.39 is 0 Å². The Balaban J connectivity index is 2.06. The molecule has 0 saturated heterocycles. The molecule has 2 rings (SSSR count). The van der Waals surface area contributed by atoms with Gasteiger partial charge in [-0.25, -0.2) is 0 Å². The second kappa shape index (κ2) is 6.24. The molecule has 100 valence electrons. The van der Waals surface area contributed by atoms with Gasteiger partial charge in [-0.05, 0) is 23.5 Å². The van der Waals surface area contributed by atoms with E-state index in [2.05, 4.69) is 32.0 Å². The van der Waals surface area contributed by atoms with Gasteiger partial charge in [0.15, 0.2) is 0 Å². The van der Waals surface area contributed by atoms with Crippen molar-refractivity contribution in [2.45, 2.75) is 45.6 Å². The molecule has 1 aliphatic heterocycles. The van der Waals surface area contributed by atoms with E-state index >= 15 is 0 Å². The van der Waals surface area contributed by atoms with Gasteiger partial charge >= 0.3 is 0 Å². The summed E-state index contributed by atoms with van der Waals surface area (Å²) in [6, 6.07) is 6.48. The Bertz CT molecular complexity index is 387. The van der Waals surface area contributed by atoms with Crippen molar-refractivity contribution in [3.63, 3.8) is 0 Å². The van der Waals surface area contributed by atoms with E-state index in [1.54, 1.807) is 0 Å². The van der Waals surface area contributed by atoms with Gasteiger partial charge in [-0.1, -0.05) is 38.5 Å². The van der Waals surface area contributed by atoms with E-state index in [9.17, 15) is 0 Å². The first-order valence-electron chi connectivity index (χ1n) is 7.01. The van der Waals surface area contributed by atoms with E-state index in [0.717, 1.165) is 31.6 Å². The third-order valence-electron chi connectivity index (χ3n) is 3.94. The van der Waals surface area contributed by atoms with Gasteiger partial charge in [0.05, 0.1) is 12.7 Å². The van der Waals surface area contributed by atoms with Crippen molar-refractivity contribution in [3.05, 3.63) is 29.3 Å². The molecule has 2 nitrogen and oxygen atoms in total. The van der Waals surface area contributed by atoms with Crippen molar-refractivity contribution in [3.8, 4) is 5.75 Å². The lowest BCUT2D eigenvalue weighted by atomic mass is 9.95. The number of methoxy groups -OCH3 is 1. The van der Waals surface area contributed by atoms with Gasteiger partial charge in [0.25, 0.3) is 0 Å². The first-order valence-corrected chi connectivity index (χ1v) is 7.01. The smallest absolute Gasteiger partial charge is 0.125 e. The fraction of sp³-hybridized carbons (Fsp3) is 0.625. The van der Waals surface area contributed by atoms with Crippen LogP contribution in [0.15, 0.2) is 18.2 Å². The van der Waals surface area contributed by atoms with Gasteiger partial charge in [-0.2, -0.15) is 0 Å². The van der Waals surface area contributed by atoms with Crippen LogP contribution >= 0.6 is 0 Å². The Morgan fingerprint density at radius 2 is 2.22 bits per heavy atom. The maximum atomic E-state index is 5.75. The van der Waals surface area contributed by atoms with Gasteiger partial charge < -0.3 is 9.47 Å². The highest BCUT2D eigenvalue weighted by molar-refractivity contribution is 5.44. The Kier molecular flexibility index (Phi) is 4.65. The maximum absolute atomic E-state index is 5.75. The van der Waals surface area contributed by atoms with Crippen molar-refractivity contribution < 1.29 is 9.47 Å². The van der Waals surface area contributed by atoms with Crippen LogP contribution in [0.3, 0.4) is 0 Å². The van der Waals surface area contributed by atoms with E-state index in [1.807, 2.05) is 7.11 Å². The summed E-state index contributed by atoms with van der Waals surface area (Å²) in [4.78, 5) is 0. The fourth-order valence-electron chi connectivity index (χ4n) is 2.57. The summed E-state index contributed by atoms with van der Waals surface area (Å²) >= 11 is 0. The van der Waals surface area contributed by atoms with Gasteiger partial charge in [0.2, 0.25) is 0 Å². The number of ether oxygens (including phenoxy) is 2. The molecule has 2 unspecified atom stereocenters. The van der Waals surface area contributed by atoms with Crippen molar-refractivity contribution in [1.29, 1.82) is 0 Å². The van der Waals surface area contributed by atoms with Crippen LogP contribution in [0.4, 0.5) is 0 Å². The van der Waals surface area contributed by atoms with Crippen LogP contribution in [0.1, 0.15) is 37.8 Å². The van der Waals surface area contributed by atoms with Gasteiger partial charge in [0.1, 0.15) is 5.75 Å². The number of hydrogen-bond acceptors (Lipinski definition) is 2. The zero-order chi connectivity index (χ0) is 13.0. The molecule has 0 aliphatic carbocycles. The Morgan fingerprint density at radius 1 is 1.39 bits per heavy atom. The van der Waals surface area contributed by atoms with Crippen LogP contribution in [0.25, 0.3) is 0 Å². The molecule has 2 atom stereocenters. The summed E-state index contributed by atoms with van der Waals surface area (Å²) in [5, 5.41) is 0. The molecule has 18 heavy (non-hydrogen) atoms.